The summed E-state index contributed by atoms with van der Waals surface area (Å²) in [6.45, 7) is 2.76. The lowest BCUT2D eigenvalue weighted by Gasteiger charge is -2.10. The highest BCUT2D eigenvalue weighted by atomic mass is 35.5. The quantitative estimate of drug-likeness (QED) is 0.577. The molecule has 0 aliphatic carbocycles. The summed E-state index contributed by atoms with van der Waals surface area (Å²) in [6, 6.07) is 10.6. The van der Waals surface area contributed by atoms with Crippen LogP contribution in [-0.4, -0.2) is 9.55 Å². The number of hydrogen-bond acceptors (Lipinski definition) is 2. The smallest absolute Gasteiger partial charge is 0.416 e. The summed E-state index contributed by atoms with van der Waals surface area (Å²) in [5.74, 6) is 1.08. The first kappa shape index (κ1) is 17.6. The highest BCUT2D eigenvalue weighted by Crippen LogP contribution is 2.32. The third kappa shape index (κ3) is 3.74. The Morgan fingerprint density at radius 2 is 1.92 bits per heavy atom. The van der Waals surface area contributed by atoms with Gasteiger partial charge in [-0.15, -0.1) is 0 Å². The summed E-state index contributed by atoms with van der Waals surface area (Å²) in [5, 5.41) is 0.472. The second-order valence-electron chi connectivity index (χ2n) is 5.60. The minimum Gasteiger partial charge on any atom is -0.484 e. The van der Waals surface area contributed by atoms with E-state index in [-0.39, 0.29) is 6.61 Å². The molecule has 0 saturated heterocycles. The number of alkyl halides is 3. The number of benzene rings is 2. The van der Waals surface area contributed by atoms with Gasteiger partial charge < -0.3 is 9.30 Å². The maximum atomic E-state index is 12.9. The fourth-order valence-corrected chi connectivity index (χ4v) is 2.83. The van der Waals surface area contributed by atoms with Crippen LogP contribution in [0.1, 0.15) is 24.7 Å². The Morgan fingerprint density at radius 1 is 1.16 bits per heavy atom. The molecule has 0 aliphatic heterocycles. The SMILES string of the molecule is CCCn1c(COc2ccccc2Cl)nc2cc(C(F)(F)F)ccc21. The van der Waals surface area contributed by atoms with E-state index in [1.165, 1.54) is 6.07 Å². The van der Waals surface area contributed by atoms with Crippen LogP contribution in [0.2, 0.25) is 5.02 Å². The zero-order valence-corrected chi connectivity index (χ0v) is 14.2. The number of hydrogen-bond donors (Lipinski definition) is 0. The second-order valence-corrected chi connectivity index (χ2v) is 6.01. The minimum absolute atomic E-state index is 0.125. The zero-order chi connectivity index (χ0) is 18.0. The molecule has 0 unspecified atom stereocenters. The molecule has 0 N–H and O–H groups in total. The van der Waals surface area contributed by atoms with Gasteiger partial charge in [-0.3, -0.25) is 0 Å². The van der Waals surface area contributed by atoms with E-state index in [0.717, 1.165) is 18.6 Å². The van der Waals surface area contributed by atoms with Crippen molar-refractivity contribution in [1.29, 1.82) is 0 Å². The predicted molar refractivity (Wildman–Crippen MR) is 90.8 cm³/mol. The fraction of sp³-hybridized carbons (Fsp3) is 0.278. The van der Waals surface area contributed by atoms with E-state index in [1.807, 2.05) is 11.5 Å². The van der Waals surface area contributed by atoms with E-state index in [1.54, 1.807) is 24.3 Å². The number of halogens is 4. The lowest BCUT2D eigenvalue weighted by atomic mass is 10.2. The van der Waals surface area contributed by atoms with Crippen LogP contribution in [0.25, 0.3) is 11.0 Å². The van der Waals surface area contributed by atoms with Crippen molar-refractivity contribution in [3.8, 4) is 5.75 Å². The van der Waals surface area contributed by atoms with Crippen LogP contribution >= 0.6 is 11.6 Å². The molecule has 0 aliphatic rings. The molecule has 7 heteroatoms. The zero-order valence-electron chi connectivity index (χ0n) is 13.5. The van der Waals surface area contributed by atoms with E-state index in [0.29, 0.717) is 34.2 Å². The summed E-state index contributed by atoms with van der Waals surface area (Å²) < 4.78 is 46.3. The van der Waals surface area contributed by atoms with Crippen molar-refractivity contribution in [3.05, 3.63) is 58.9 Å². The summed E-state index contributed by atoms with van der Waals surface area (Å²) in [6.07, 6.45) is -3.57. The largest absolute Gasteiger partial charge is 0.484 e. The Bertz CT molecular complexity index is 890. The first-order valence-corrected chi connectivity index (χ1v) is 8.21. The van der Waals surface area contributed by atoms with E-state index < -0.39 is 11.7 Å². The summed E-state index contributed by atoms with van der Waals surface area (Å²) >= 11 is 6.06. The van der Waals surface area contributed by atoms with Gasteiger partial charge in [-0.05, 0) is 36.8 Å². The Morgan fingerprint density at radius 3 is 2.60 bits per heavy atom. The third-order valence-corrected chi connectivity index (χ3v) is 4.11. The average molecular weight is 369 g/mol. The van der Waals surface area contributed by atoms with Crippen LogP contribution in [-0.2, 0) is 19.3 Å². The van der Waals surface area contributed by atoms with Crippen molar-refractivity contribution in [2.75, 3.05) is 0 Å². The molecule has 132 valence electrons. The summed E-state index contributed by atoms with van der Waals surface area (Å²) in [7, 11) is 0. The van der Waals surface area contributed by atoms with Gasteiger partial charge in [0.25, 0.3) is 0 Å². The number of ether oxygens (including phenoxy) is 1. The highest BCUT2D eigenvalue weighted by molar-refractivity contribution is 6.32. The van der Waals surface area contributed by atoms with Crippen LogP contribution in [0.5, 0.6) is 5.75 Å². The van der Waals surface area contributed by atoms with Crippen LogP contribution in [0, 0.1) is 0 Å². The summed E-state index contributed by atoms with van der Waals surface area (Å²) in [5.41, 5.74) is 0.258. The minimum atomic E-state index is -4.39. The van der Waals surface area contributed by atoms with Crippen LogP contribution in [0.3, 0.4) is 0 Å². The van der Waals surface area contributed by atoms with Crippen molar-refractivity contribution in [2.45, 2.75) is 32.7 Å². The molecule has 3 nitrogen and oxygen atoms in total. The molecular weight excluding hydrogens is 353 g/mol. The molecule has 0 spiro atoms. The first-order chi connectivity index (χ1) is 11.9. The Kier molecular flexibility index (Phi) is 4.90. The molecule has 1 heterocycles. The van der Waals surface area contributed by atoms with Gasteiger partial charge in [-0.25, -0.2) is 4.98 Å². The maximum absolute atomic E-state index is 12.9. The van der Waals surface area contributed by atoms with E-state index in [9.17, 15) is 13.2 Å². The Hall–Kier alpha value is -2.21. The summed E-state index contributed by atoms with van der Waals surface area (Å²) in [4.78, 5) is 4.35. The van der Waals surface area contributed by atoms with Crippen LogP contribution in [0.4, 0.5) is 13.2 Å². The number of aromatic nitrogens is 2. The molecule has 0 radical (unpaired) electrons. The maximum Gasteiger partial charge on any atom is 0.416 e. The van der Waals surface area contributed by atoms with Crippen LogP contribution in [0.15, 0.2) is 42.5 Å². The number of para-hydroxylation sites is 1. The van der Waals surface area contributed by atoms with Gasteiger partial charge in [0.1, 0.15) is 18.2 Å². The normalized spacial score (nSPS) is 11.9. The molecule has 0 bridgehead atoms. The Balaban J connectivity index is 1.96. The van der Waals surface area contributed by atoms with E-state index in [4.69, 9.17) is 16.3 Å². The van der Waals surface area contributed by atoms with Crippen molar-refractivity contribution >= 4 is 22.6 Å². The van der Waals surface area contributed by atoms with Gasteiger partial charge in [0.2, 0.25) is 0 Å². The molecule has 0 saturated carbocycles. The number of rotatable bonds is 5. The number of nitrogens with zero attached hydrogens (tertiary/aromatic N) is 2. The van der Waals surface area contributed by atoms with Gasteiger partial charge in [0.05, 0.1) is 21.6 Å². The number of fused-ring (bicyclic) bond motifs is 1. The molecule has 0 atom stereocenters. The first-order valence-electron chi connectivity index (χ1n) is 7.84. The van der Waals surface area contributed by atoms with Gasteiger partial charge in [0.15, 0.2) is 0 Å². The molecule has 25 heavy (non-hydrogen) atoms. The lowest BCUT2D eigenvalue weighted by Crippen LogP contribution is -2.07. The van der Waals surface area contributed by atoms with Crippen molar-refractivity contribution in [1.82, 2.24) is 9.55 Å². The predicted octanol–water partition coefficient (Wildman–Crippen LogP) is 5.70. The molecular formula is C18H16ClF3N2O. The van der Waals surface area contributed by atoms with E-state index in [2.05, 4.69) is 4.98 Å². The molecule has 0 fully saturated rings. The molecule has 0 amide bonds. The fourth-order valence-electron chi connectivity index (χ4n) is 2.64. The van der Waals surface area contributed by atoms with Gasteiger partial charge >= 0.3 is 6.18 Å². The highest BCUT2D eigenvalue weighted by Gasteiger charge is 2.31. The molecule has 3 aromatic rings. The van der Waals surface area contributed by atoms with Crippen molar-refractivity contribution in [2.24, 2.45) is 0 Å². The number of aryl methyl sites for hydroxylation is 1. The standard InChI is InChI=1S/C18H16ClF3N2O/c1-2-9-24-15-8-7-12(18(20,21)22)10-14(15)23-17(24)11-25-16-6-4-3-5-13(16)19/h3-8,10H,2,9,11H2,1H3. The topological polar surface area (TPSA) is 27.1 Å². The second kappa shape index (κ2) is 6.96. The van der Waals surface area contributed by atoms with Crippen molar-refractivity contribution < 1.29 is 17.9 Å². The van der Waals surface area contributed by atoms with Gasteiger partial charge in [0, 0.05) is 6.54 Å². The van der Waals surface area contributed by atoms with E-state index >= 15 is 0 Å². The monoisotopic (exact) mass is 368 g/mol. The lowest BCUT2D eigenvalue weighted by molar-refractivity contribution is -0.137. The molecule has 1 aromatic heterocycles. The number of imidazole rings is 1. The third-order valence-electron chi connectivity index (χ3n) is 3.80. The molecule has 2 aromatic carbocycles. The van der Waals surface area contributed by atoms with Crippen molar-refractivity contribution in [3.63, 3.8) is 0 Å². The van der Waals surface area contributed by atoms with Gasteiger partial charge in [-0.2, -0.15) is 13.2 Å². The van der Waals surface area contributed by atoms with Gasteiger partial charge in [-0.1, -0.05) is 30.7 Å². The average Bonchev–Trinajstić information content (AvgIpc) is 2.91. The Labute approximate surface area is 148 Å². The van der Waals surface area contributed by atoms with Crippen LogP contribution < -0.4 is 4.74 Å². The molecule has 3 rings (SSSR count).